The number of allylic oxidation sites excluding steroid dienone is 6. The summed E-state index contributed by atoms with van der Waals surface area (Å²) in [5.74, 6) is -0.868. The zero-order valence-electron chi connectivity index (χ0n) is 49.9. The van der Waals surface area contributed by atoms with Crippen LogP contribution in [0.4, 0.5) is 0 Å². The van der Waals surface area contributed by atoms with Gasteiger partial charge in [-0.15, -0.1) is 0 Å². The van der Waals surface area contributed by atoms with E-state index in [9.17, 15) is 14.4 Å². The van der Waals surface area contributed by atoms with Gasteiger partial charge >= 0.3 is 17.9 Å². The Morgan fingerprint density at radius 1 is 0.270 bits per heavy atom. The fraction of sp³-hybridized carbons (Fsp3) is 0.868. The highest BCUT2D eigenvalue weighted by Crippen LogP contribution is 2.18. The molecule has 0 saturated carbocycles. The number of ether oxygens (including phenoxy) is 3. The van der Waals surface area contributed by atoms with Crippen molar-refractivity contribution >= 4 is 17.9 Å². The largest absolute Gasteiger partial charge is 0.462 e. The predicted molar refractivity (Wildman–Crippen MR) is 321 cm³/mol. The van der Waals surface area contributed by atoms with Crippen molar-refractivity contribution in [2.45, 2.75) is 367 Å². The van der Waals surface area contributed by atoms with Crippen LogP contribution in [0, 0.1) is 0 Å². The lowest BCUT2D eigenvalue weighted by Crippen LogP contribution is -2.30. The molecule has 6 heteroatoms. The maximum absolute atomic E-state index is 12.9. The van der Waals surface area contributed by atoms with Gasteiger partial charge in [-0.1, -0.05) is 301 Å². The molecule has 0 aromatic rings. The minimum absolute atomic E-state index is 0.0742. The minimum atomic E-state index is -0.779. The molecule has 0 radical (unpaired) electrons. The quantitative estimate of drug-likeness (QED) is 0.0261. The lowest BCUT2D eigenvalue weighted by atomic mass is 10.0. The summed E-state index contributed by atoms with van der Waals surface area (Å²) < 4.78 is 16.9. The van der Waals surface area contributed by atoms with Crippen molar-refractivity contribution in [2.75, 3.05) is 13.2 Å². The van der Waals surface area contributed by atoms with Crippen LogP contribution < -0.4 is 0 Å². The van der Waals surface area contributed by atoms with Crippen LogP contribution in [0.2, 0.25) is 0 Å². The van der Waals surface area contributed by atoms with E-state index in [0.717, 1.165) is 77.0 Å². The van der Waals surface area contributed by atoms with E-state index < -0.39 is 6.10 Å². The van der Waals surface area contributed by atoms with Gasteiger partial charge in [0, 0.05) is 19.3 Å². The van der Waals surface area contributed by atoms with Crippen LogP contribution in [-0.4, -0.2) is 37.2 Å². The first-order valence-electron chi connectivity index (χ1n) is 33.0. The van der Waals surface area contributed by atoms with E-state index in [-0.39, 0.29) is 31.1 Å². The third-order valence-electron chi connectivity index (χ3n) is 14.9. The molecule has 1 unspecified atom stereocenters. The third-order valence-corrected chi connectivity index (χ3v) is 14.9. The van der Waals surface area contributed by atoms with E-state index in [1.165, 1.54) is 244 Å². The van der Waals surface area contributed by atoms with Crippen molar-refractivity contribution in [2.24, 2.45) is 0 Å². The highest BCUT2D eigenvalue weighted by atomic mass is 16.6. The van der Waals surface area contributed by atoms with E-state index in [1.807, 2.05) is 0 Å². The van der Waals surface area contributed by atoms with Gasteiger partial charge < -0.3 is 14.2 Å². The Hall–Kier alpha value is -2.37. The number of unbranched alkanes of at least 4 members (excludes halogenated alkanes) is 44. The van der Waals surface area contributed by atoms with Crippen molar-refractivity contribution in [3.8, 4) is 0 Å². The Morgan fingerprint density at radius 2 is 0.486 bits per heavy atom. The van der Waals surface area contributed by atoms with Crippen LogP contribution in [0.1, 0.15) is 361 Å². The summed E-state index contributed by atoms with van der Waals surface area (Å²) >= 11 is 0. The molecule has 1 atom stereocenters. The molecule has 0 rings (SSSR count). The lowest BCUT2D eigenvalue weighted by molar-refractivity contribution is -0.167. The van der Waals surface area contributed by atoms with Gasteiger partial charge in [-0.05, 0) is 77.0 Å². The Kier molecular flexibility index (Phi) is 61.1. The average molecular weight is 1040 g/mol. The van der Waals surface area contributed by atoms with E-state index in [2.05, 4.69) is 57.2 Å². The summed E-state index contributed by atoms with van der Waals surface area (Å²) in [5.41, 5.74) is 0. The van der Waals surface area contributed by atoms with Crippen LogP contribution in [0.5, 0.6) is 0 Å². The number of hydrogen-bond donors (Lipinski definition) is 0. The molecule has 0 aromatic carbocycles. The molecule has 0 aromatic heterocycles. The Morgan fingerprint density at radius 3 is 0.770 bits per heavy atom. The van der Waals surface area contributed by atoms with Gasteiger partial charge in [-0.3, -0.25) is 14.4 Å². The predicted octanol–water partition coefficient (Wildman–Crippen LogP) is 22.4. The van der Waals surface area contributed by atoms with Crippen LogP contribution in [0.15, 0.2) is 36.5 Å². The lowest BCUT2D eigenvalue weighted by Gasteiger charge is -2.18. The van der Waals surface area contributed by atoms with Gasteiger partial charge in [0.2, 0.25) is 0 Å². The minimum Gasteiger partial charge on any atom is -0.462 e. The molecule has 0 fully saturated rings. The first kappa shape index (κ1) is 71.6. The fourth-order valence-electron chi connectivity index (χ4n) is 9.88. The Bertz CT molecular complexity index is 1240. The van der Waals surface area contributed by atoms with Crippen LogP contribution >= 0.6 is 0 Å². The van der Waals surface area contributed by atoms with Crippen molar-refractivity contribution < 1.29 is 28.6 Å². The fourth-order valence-corrected chi connectivity index (χ4v) is 9.88. The molecule has 0 N–H and O–H groups in total. The van der Waals surface area contributed by atoms with Gasteiger partial charge in [-0.25, -0.2) is 0 Å². The first-order chi connectivity index (χ1) is 36.5. The second-order valence-corrected chi connectivity index (χ2v) is 22.4. The molecule has 0 spiro atoms. The topological polar surface area (TPSA) is 78.9 Å². The van der Waals surface area contributed by atoms with E-state index in [0.29, 0.717) is 19.3 Å². The van der Waals surface area contributed by atoms with Crippen molar-refractivity contribution in [3.63, 3.8) is 0 Å². The Balaban J connectivity index is 4.30. The molecule has 74 heavy (non-hydrogen) atoms. The van der Waals surface area contributed by atoms with E-state index in [4.69, 9.17) is 14.2 Å². The molecule has 0 amide bonds. The summed E-state index contributed by atoms with van der Waals surface area (Å²) in [5, 5.41) is 0. The van der Waals surface area contributed by atoms with Crippen LogP contribution in [0.25, 0.3) is 0 Å². The van der Waals surface area contributed by atoms with Crippen molar-refractivity contribution in [1.29, 1.82) is 0 Å². The molecule has 434 valence electrons. The number of carbonyl (C=O) groups excluding carboxylic acids is 3. The Labute approximate surface area is 461 Å². The van der Waals surface area contributed by atoms with E-state index >= 15 is 0 Å². The molecule has 0 aliphatic rings. The smallest absolute Gasteiger partial charge is 0.306 e. The molecular weight excluding hydrogens is 913 g/mol. The second-order valence-electron chi connectivity index (χ2n) is 22.4. The highest BCUT2D eigenvalue weighted by molar-refractivity contribution is 5.71. The van der Waals surface area contributed by atoms with Gasteiger partial charge in [-0.2, -0.15) is 0 Å². The standard InChI is InChI=1S/C68H126O6/c1-4-7-10-13-16-19-22-25-28-31-32-33-34-35-36-38-40-43-46-49-52-55-58-61-67(70)73-64-65(63-72-66(69)60-57-54-51-48-45-42-39-30-27-24-21-18-15-12-9-6-3)74-68(71)62-59-56-53-50-47-44-41-37-29-26-23-20-17-14-11-8-5-2/h21,24,26,29-30,39,65H,4-20,22-23,25,27-28,31-38,40-64H2,1-3H3/b24-21-,29-26-,39-30-. The van der Waals surface area contributed by atoms with E-state index in [1.54, 1.807) is 0 Å². The molecule has 0 bridgehead atoms. The highest BCUT2D eigenvalue weighted by Gasteiger charge is 2.19. The van der Waals surface area contributed by atoms with Crippen molar-refractivity contribution in [3.05, 3.63) is 36.5 Å². The number of carbonyl (C=O) groups is 3. The maximum Gasteiger partial charge on any atom is 0.306 e. The summed E-state index contributed by atoms with van der Waals surface area (Å²) in [4.78, 5) is 38.3. The molecule has 6 nitrogen and oxygen atoms in total. The number of hydrogen-bond acceptors (Lipinski definition) is 6. The monoisotopic (exact) mass is 1040 g/mol. The van der Waals surface area contributed by atoms with Gasteiger partial charge in [0.05, 0.1) is 0 Å². The summed E-state index contributed by atoms with van der Waals surface area (Å²) in [6.07, 6.45) is 77.3. The van der Waals surface area contributed by atoms with Gasteiger partial charge in [0.15, 0.2) is 6.10 Å². The molecule has 0 aliphatic carbocycles. The summed E-state index contributed by atoms with van der Waals surface area (Å²) in [6, 6.07) is 0. The van der Waals surface area contributed by atoms with Gasteiger partial charge in [0.1, 0.15) is 13.2 Å². The van der Waals surface area contributed by atoms with Crippen LogP contribution in [-0.2, 0) is 28.6 Å². The summed E-state index contributed by atoms with van der Waals surface area (Å²) in [6.45, 7) is 6.67. The molecule has 0 aliphatic heterocycles. The van der Waals surface area contributed by atoms with Gasteiger partial charge in [0.25, 0.3) is 0 Å². The molecule has 0 heterocycles. The average Bonchev–Trinajstić information content (AvgIpc) is 3.40. The summed E-state index contributed by atoms with van der Waals surface area (Å²) in [7, 11) is 0. The zero-order chi connectivity index (χ0) is 53.6. The zero-order valence-corrected chi connectivity index (χ0v) is 49.9. The second kappa shape index (κ2) is 63.2. The third kappa shape index (κ3) is 60.5. The number of rotatable bonds is 61. The number of esters is 3. The first-order valence-corrected chi connectivity index (χ1v) is 33.0. The SMILES string of the molecule is CCCCCC/C=C\C/C=C\CCCCCCCC(=O)OCC(COC(=O)CCCCCCCCCCCCCCCCCCCCCCCCC)OC(=O)CCCCCCCCC/C=C\CCCCCCCC. The van der Waals surface area contributed by atoms with Crippen molar-refractivity contribution in [1.82, 2.24) is 0 Å². The molecule has 0 saturated heterocycles. The molecular formula is C68H126O6. The normalized spacial score (nSPS) is 12.2. The maximum atomic E-state index is 12.9. The van der Waals surface area contributed by atoms with Crippen LogP contribution in [0.3, 0.4) is 0 Å².